The lowest BCUT2D eigenvalue weighted by Crippen LogP contribution is -2.09. The molecule has 2 heterocycles. The first-order chi connectivity index (χ1) is 8.70. The lowest BCUT2D eigenvalue weighted by Gasteiger charge is -2.02. The summed E-state index contributed by atoms with van der Waals surface area (Å²) in [6, 6.07) is 1.20. The molecule has 0 aliphatic carbocycles. The molecule has 2 aromatic rings. The van der Waals surface area contributed by atoms with Crippen molar-refractivity contribution in [2.75, 3.05) is 7.11 Å². The third-order valence-corrected chi connectivity index (χ3v) is 2.47. The number of carbonyl (C=O) groups is 1. The van der Waals surface area contributed by atoms with Gasteiger partial charge >= 0.3 is 5.97 Å². The van der Waals surface area contributed by atoms with Crippen LogP contribution >= 0.6 is 11.7 Å². The Morgan fingerprint density at radius 1 is 1.56 bits per heavy atom. The van der Waals surface area contributed by atoms with Crippen LogP contribution in [0.1, 0.15) is 16.2 Å². The molecule has 7 nitrogen and oxygen atoms in total. The van der Waals surface area contributed by atoms with Gasteiger partial charge in [-0.15, -0.1) is 0 Å². The second kappa shape index (κ2) is 5.41. The molecule has 0 unspecified atom stereocenters. The van der Waals surface area contributed by atoms with Crippen LogP contribution in [-0.4, -0.2) is 21.8 Å². The van der Waals surface area contributed by atoms with Gasteiger partial charge in [-0.2, -0.15) is 8.75 Å². The molecule has 0 atom stereocenters. The average Bonchev–Trinajstić information content (AvgIpc) is 2.90. The van der Waals surface area contributed by atoms with E-state index in [9.17, 15) is 9.59 Å². The summed E-state index contributed by atoms with van der Waals surface area (Å²) in [5, 5.41) is 0. The first-order valence-electron chi connectivity index (χ1n) is 4.81. The molecular weight excluding hydrogens is 260 g/mol. The van der Waals surface area contributed by atoms with Crippen molar-refractivity contribution >= 4 is 17.7 Å². The summed E-state index contributed by atoms with van der Waals surface area (Å²) in [6.07, 6.45) is 2.47. The van der Waals surface area contributed by atoms with Gasteiger partial charge in [0.1, 0.15) is 18.6 Å². The lowest BCUT2D eigenvalue weighted by molar-refractivity contribution is 0.0437. The zero-order valence-corrected chi connectivity index (χ0v) is 10.1. The highest BCUT2D eigenvalue weighted by molar-refractivity contribution is 6.99. The Labute approximate surface area is 105 Å². The molecule has 0 N–H and O–H groups in total. The summed E-state index contributed by atoms with van der Waals surface area (Å²) in [5.74, 6) is -0.312. The first kappa shape index (κ1) is 12.2. The highest BCUT2D eigenvalue weighted by Gasteiger charge is 2.11. The summed E-state index contributed by atoms with van der Waals surface area (Å²) in [6.45, 7) is -0.157. The van der Waals surface area contributed by atoms with Crippen molar-refractivity contribution in [1.29, 1.82) is 0 Å². The minimum Gasteiger partial charge on any atom is -0.490 e. The number of carbonyl (C=O) groups excluding carboxylic acids is 1. The zero-order valence-electron chi connectivity index (χ0n) is 9.28. The smallest absolute Gasteiger partial charge is 0.360 e. The van der Waals surface area contributed by atoms with Crippen molar-refractivity contribution < 1.29 is 18.7 Å². The van der Waals surface area contributed by atoms with E-state index in [0.717, 1.165) is 18.0 Å². The van der Waals surface area contributed by atoms with Gasteiger partial charge in [0.05, 0.1) is 25.0 Å². The molecular formula is C10H8N2O5S. The Hall–Kier alpha value is -2.22. The fraction of sp³-hybridized carbons (Fsp3) is 0.200. The number of methoxy groups -OCH3 is 1. The van der Waals surface area contributed by atoms with Crippen LogP contribution in [0.25, 0.3) is 0 Å². The number of hydrogen-bond acceptors (Lipinski definition) is 8. The lowest BCUT2D eigenvalue weighted by atomic mass is 10.4. The molecule has 0 spiro atoms. The van der Waals surface area contributed by atoms with Gasteiger partial charge in [0.25, 0.3) is 0 Å². The Morgan fingerprint density at radius 3 is 3.00 bits per heavy atom. The fourth-order valence-corrected chi connectivity index (χ4v) is 1.53. The summed E-state index contributed by atoms with van der Waals surface area (Å²) >= 11 is 0.906. The van der Waals surface area contributed by atoms with Crippen molar-refractivity contribution in [2.24, 2.45) is 0 Å². The number of ether oxygens (including phenoxy) is 2. The van der Waals surface area contributed by atoms with E-state index in [2.05, 4.69) is 8.75 Å². The van der Waals surface area contributed by atoms with E-state index in [1.165, 1.54) is 19.4 Å². The number of hydrogen-bond donors (Lipinski definition) is 0. The van der Waals surface area contributed by atoms with E-state index in [-0.39, 0.29) is 29.2 Å². The standard InChI is InChI=1S/C10H8N2O5S/c1-15-9-5-16-6(2-8(9)13)4-17-10(14)7-3-11-18-12-7/h2-3,5H,4H2,1H3. The Balaban J connectivity index is 2.00. The molecule has 94 valence electrons. The predicted octanol–water partition coefficient (Wildman–Crippen LogP) is 0.857. The van der Waals surface area contributed by atoms with Gasteiger partial charge in [-0.05, 0) is 0 Å². The van der Waals surface area contributed by atoms with Crippen molar-refractivity contribution in [3.63, 3.8) is 0 Å². The van der Waals surface area contributed by atoms with Gasteiger partial charge in [0.2, 0.25) is 11.2 Å². The summed E-state index contributed by atoms with van der Waals surface area (Å²) in [5.41, 5.74) is -0.221. The Bertz CT molecular complexity index is 593. The van der Waals surface area contributed by atoms with Crippen molar-refractivity contribution in [3.05, 3.63) is 40.2 Å². The van der Waals surface area contributed by atoms with Gasteiger partial charge in [-0.3, -0.25) is 4.79 Å². The number of esters is 1. The molecule has 18 heavy (non-hydrogen) atoms. The Morgan fingerprint density at radius 2 is 2.39 bits per heavy atom. The van der Waals surface area contributed by atoms with Gasteiger partial charge in [0, 0.05) is 6.07 Å². The van der Waals surface area contributed by atoms with Gasteiger partial charge in [-0.25, -0.2) is 4.79 Å². The molecule has 0 aromatic carbocycles. The molecule has 2 rings (SSSR count). The molecule has 0 bridgehead atoms. The number of nitrogens with zero attached hydrogens (tertiary/aromatic N) is 2. The summed E-state index contributed by atoms with van der Waals surface area (Å²) in [4.78, 5) is 22.8. The van der Waals surface area contributed by atoms with Gasteiger partial charge in [0.15, 0.2) is 5.69 Å². The van der Waals surface area contributed by atoms with Gasteiger partial charge < -0.3 is 13.9 Å². The Kier molecular flexibility index (Phi) is 3.68. The van der Waals surface area contributed by atoms with Gasteiger partial charge in [-0.1, -0.05) is 0 Å². The first-order valence-corrected chi connectivity index (χ1v) is 5.54. The average molecular weight is 268 g/mol. The van der Waals surface area contributed by atoms with Crippen molar-refractivity contribution in [2.45, 2.75) is 6.61 Å². The molecule has 0 fully saturated rings. The highest BCUT2D eigenvalue weighted by atomic mass is 32.1. The van der Waals surface area contributed by atoms with Crippen LogP contribution in [0.5, 0.6) is 5.75 Å². The van der Waals surface area contributed by atoms with E-state index in [4.69, 9.17) is 13.9 Å². The molecule has 0 aliphatic heterocycles. The topological polar surface area (TPSA) is 91.5 Å². The summed E-state index contributed by atoms with van der Waals surface area (Å²) < 4.78 is 22.1. The van der Waals surface area contributed by atoms with Crippen molar-refractivity contribution in [3.8, 4) is 5.75 Å². The van der Waals surface area contributed by atoms with E-state index < -0.39 is 5.97 Å². The van der Waals surface area contributed by atoms with E-state index in [1.54, 1.807) is 0 Å². The number of aromatic nitrogens is 2. The van der Waals surface area contributed by atoms with Crippen LogP contribution < -0.4 is 10.2 Å². The van der Waals surface area contributed by atoms with E-state index >= 15 is 0 Å². The zero-order chi connectivity index (χ0) is 13.0. The van der Waals surface area contributed by atoms with E-state index in [1.807, 2.05) is 0 Å². The SMILES string of the molecule is COc1coc(COC(=O)c2cnsn2)cc1=O. The molecule has 0 saturated carbocycles. The maximum atomic E-state index is 11.4. The number of rotatable bonds is 4. The predicted molar refractivity (Wildman–Crippen MR) is 60.6 cm³/mol. The molecule has 8 heteroatoms. The largest absolute Gasteiger partial charge is 0.490 e. The van der Waals surface area contributed by atoms with Crippen LogP contribution in [0.2, 0.25) is 0 Å². The van der Waals surface area contributed by atoms with Crippen molar-refractivity contribution in [1.82, 2.24) is 8.75 Å². The minimum atomic E-state index is -0.623. The molecule has 0 aliphatic rings. The molecule has 0 radical (unpaired) electrons. The van der Waals surface area contributed by atoms with Crippen LogP contribution in [0.15, 0.2) is 27.7 Å². The minimum absolute atomic E-state index is 0.0915. The normalized spacial score (nSPS) is 10.1. The van der Waals surface area contributed by atoms with Crippen LogP contribution in [0.3, 0.4) is 0 Å². The van der Waals surface area contributed by atoms with E-state index in [0.29, 0.717) is 0 Å². The monoisotopic (exact) mass is 268 g/mol. The second-order valence-corrected chi connectivity index (χ2v) is 3.70. The molecule has 0 saturated heterocycles. The second-order valence-electron chi connectivity index (χ2n) is 3.15. The fourth-order valence-electron chi connectivity index (χ4n) is 1.13. The van der Waals surface area contributed by atoms with Crippen LogP contribution in [0, 0.1) is 0 Å². The molecule has 0 amide bonds. The summed E-state index contributed by atoms with van der Waals surface area (Å²) in [7, 11) is 1.36. The third kappa shape index (κ3) is 2.72. The maximum Gasteiger partial charge on any atom is 0.360 e. The third-order valence-electron chi connectivity index (χ3n) is 1.99. The molecule has 2 aromatic heterocycles. The van der Waals surface area contributed by atoms with Crippen LogP contribution in [0.4, 0.5) is 0 Å². The maximum absolute atomic E-state index is 11.4. The highest BCUT2D eigenvalue weighted by Crippen LogP contribution is 2.07. The van der Waals surface area contributed by atoms with Crippen LogP contribution in [-0.2, 0) is 11.3 Å². The quantitative estimate of drug-likeness (QED) is 0.759.